The molecule has 0 bridgehead atoms. The molecule has 0 radical (unpaired) electrons. The first-order valence-corrected chi connectivity index (χ1v) is 17.2. The van der Waals surface area contributed by atoms with E-state index in [2.05, 4.69) is 48.5 Å². The number of aliphatic hydroxyl groups excluding tert-OH is 1. The van der Waals surface area contributed by atoms with Gasteiger partial charge < -0.3 is 29.9 Å². The average molecular weight is 703 g/mol. The maximum absolute atomic E-state index is 11.1. The predicted molar refractivity (Wildman–Crippen MR) is 206 cm³/mol. The van der Waals surface area contributed by atoms with Crippen LogP contribution < -0.4 is 9.47 Å². The van der Waals surface area contributed by atoms with Gasteiger partial charge in [-0.2, -0.15) is 0 Å². The minimum atomic E-state index is -1.16. The lowest BCUT2D eigenvalue weighted by molar-refractivity contribution is -0.135. The van der Waals surface area contributed by atoms with E-state index in [1.54, 1.807) is 18.2 Å². The summed E-state index contributed by atoms with van der Waals surface area (Å²) in [6.45, 7) is 0.991. The molecule has 0 aliphatic rings. The van der Waals surface area contributed by atoms with Crippen LogP contribution >= 0.6 is 0 Å². The summed E-state index contributed by atoms with van der Waals surface area (Å²) in [6.07, 6.45) is 10.6. The summed E-state index contributed by atoms with van der Waals surface area (Å²) in [6, 6.07) is 43.0. The van der Waals surface area contributed by atoms with Gasteiger partial charge in [-0.1, -0.05) is 129 Å². The highest BCUT2D eigenvalue weighted by Crippen LogP contribution is 2.20. The molecular weight excluding hydrogens is 656 g/mol. The molecule has 0 aromatic heterocycles. The van der Waals surface area contributed by atoms with Crippen LogP contribution in [0.15, 0.2) is 151 Å². The second kappa shape index (κ2) is 24.1. The number of benzene rings is 5. The molecule has 0 aliphatic heterocycles. The lowest BCUT2D eigenvalue weighted by Gasteiger charge is -2.06. The first-order valence-electron chi connectivity index (χ1n) is 17.2. The Bertz CT molecular complexity index is 1730. The zero-order valence-electron chi connectivity index (χ0n) is 29.1. The smallest absolute Gasteiger partial charge is 0.371 e. The zero-order chi connectivity index (χ0) is 37.2. The second-order valence-electron chi connectivity index (χ2n) is 11.5. The molecular formula is C44H46O8. The van der Waals surface area contributed by atoms with Crippen LogP contribution in [-0.2, 0) is 9.59 Å². The van der Waals surface area contributed by atoms with Gasteiger partial charge in [0, 0.05) is 12.7 Å². The molecule has 5 rings (SSSR count). The number of carboxylic acids is 2. The highest BCUT2D eigenvalue weighted by Gasteiger charge is 2.10. The number of rotatable bonds is 16. The minimum absolute atomic E-state index is 0.0938. The lowest BCUT2D eigenvalue weighted by Crippen LogP contribution is -2.07. The number of unbranched alkanes of at least 4 members (excludes halogenated alkanes) is 5. The van der Waals surface area contributed by atoms with Crippen LogP contribution in [0.5, 0.6) is 17.2 Å². The van der Waals surface area contributed by atoms with Crippen molar-refractivity contribution in [3.05, 3.63) is 162 Å². The Balaban J connectivity index is 0.000000217. The molecule has 0 aliphatic carbocycles. The van der Waals surface area contributed by atoms with E-state index in [4.69, 9.17) is 29.9 Å². The van der Waals surface area contributed by atoms with Gasteiger partial charge in [0.1, 0.15) is 17.2 Å². The number of hydrogen-bond donors (Lipinski definition) is 4. The fourth-order valence-corrected chi connectivity index (χ4v) is 4.69. The van der Waals surface area contributed by atoms with E-state index in [-0.39, 0.29) is 11.5 Å². The topological polar surface area (TPSA) is 134 Å². The standard InChI is InChI=1S/C17H24O4.C15H12O4.C12H10/c18-13-5-3-1-2-4-6-14-21-16-10-7-15(8-11-16)9-12-17(19)20;16-12-6-8-13(9-7-12)19-14(15(17)18)10-11-4-2-1-3-5-11;1-3-7-11(8-4-1)12-9-5-2-6-10-12/h7-12,18H,1-6,13-14H2,(H,19,20);1-10,16H,(H,17,18);1-10H. The third kappa shape index (κ3) is 17.0. The van der Waals surface area contributed by atoms with Crippen LogP contribution in [0.1, 0.15) is 49.7 Å². The third-order valence-electron chi connectivity index (χ3n) is 7.37. The Morgan fingerprint density at radius 2 is 1.06 bits per heavy atom. The summed E-state index contributed by atoms with van der Waals surface area (Å²) in [5, 5.41) is 35.5. The third-order valence-corrected chi connectivity index (χ3v) is 7.37. The summed E-state index contributed by atoms with van der Waals surface area (Å²) >= 11 is 0. The fourth-order valence-electron chi connectivity index (χ4n) is 4.69. The molecule has 0 amide bonds. The van der Waals surface area contributed by atoms with Crippen molar-refractivity contribution < 1.29 is 39.5 Å². The molecule has 0 atom stereocenters. The Morgan fingerprint density at radius 1 is 0.558 bits per heavy atom. The van der Waals surface area contributed by atoms with Gasteiger partial charge in [-0.25, -0.2) is 9.59 Å². The molecule has 4 N–H and O–H groups in total. The number of hydrogen-bond acceptors (Lipinski definition) is 6. The number of aliphatic carboxylic acids is 2. The van der Waals surface area contributed by atoms with Crippen LogP contribution in [-0.4, -0.2) is 45.6 Å². The van der Waals surface area contributed by atoms with E-state index in [0.29, 0.717) is 19.0 Å². The molecule has 0 unspecified atom stereocenters. The number of ether oxygens (including phenoxy) is 2. The van der Waals surface area contributed by atoms with Crippen molar-refractivity contribution in [3.8, 4) is 28.4 Å². The highest BCUT2D eigenvalue weighted by atomic mass is 16.5. The number of carbonyl (C=O) groups is 2. The van der Waals surface area contributed by atoms with E-state index in [1.807, 2.05) is 54.6 Å². The SMILES string of the molecule is O=C(O)C(=Cc1ccccc1)Oc1ccc(O)cc1.O=C(O)C=Cc1ccc(OCCCCCCCCO)cc1.c1ccc(-c2ccccc2)cc1. The molecule has 8 heteroatoms. The van der Waals surface area contributed by atoms with Gasteiger partial charge in [-0.3, -0.25) is 0 Å². The van der Waals surface area contributed by atoms with E-state index in [1.165, 1.54) is 54.3 Å². The number of phenolic OH excluding ortho intramolecular Hbond substituents is 1. The molecule has 0 saturated heterocycles. The number of aliphatic hydroxyl groups is 1. The van der Waals surface area contributed by atoms with E-state index in [0.717, 1.165) is 48.6 Å². The van der Waals surface area contributed by atoms with Crippen molar-refractivity contribution in [3.63, 3.8) is 0 Å². The monoisotopic (exact) mass is 702 g/mol. The van der Waals surface area contributed by atoms with Crippen molar-refractivity contribution in [1.82, 2.24) is 0 Å². The largest absolute Gasteiger partial charge is 0.508 e. The summed E-state index contributed by atoms with van der Waals surface area (Å²) in [5.41, 5.74) is 4.13. The normalized spacial score (nSPS) is 10.7. The van der Waals surface area contributed by atoms with Gasteiger partial charge in [0.25, 0.3) is 0 Å². The average Bonchev–Trinajstić information content (AvgIpc) is 3.18. The Morgan fingerprint density at radius 3 is 1.58 bits per heavy atom. The molecule has 5 aromatic rings. The van der Waals surface area contributed by atoms with Crippen LogP contribution in [0, 0.1) is 0 Å². The molecule has 0 saturated carbocycles. The maximum Gasteiger partial charge on any atom is 0.371 e. The zero-order valence-corrected chi connectivity index (χ0v) is 29.1. The molecule has 270 valence electrons. The van der Waals surface area contributed by atoms with Gasteiger partial charge in [0.2, 0.25) is 5.76 Å². The number of carboxylic acid groups (broad SMARTS) is 2. The van der Waals surface area contributed by atoms with Gasteiger partial charge in [-0.15, -0.1) is 0 Å². The highest BCUT2D eigenvalue weighted by molar-refractivity contribution is 5.90. The maximum atomic E-state index is 11.1. The molecule has 0 heterocycles. The molecule has 0 fully saturated rings. The first-order chi connectivity index (χ1) is 25.3. The lowest BCUT2D eigenvalue weighted by atomic mass is 10.1. The summed E-state index contributed by atoms with van der Waals surface area (Å²) in [4.78, 5) is 21.5. The van der Waals surface area contributed by atoms with E-state index in [9.17, 15) is 9.59 Å². The van der Waals surface area contributed by atoms with Crippen molar-refractivity contribution in [2.24, 2.45) is 0 Å². The van der Waals surface area contributed by atoms with Crippen LogP contribution in [0.4, 0.5) is 0 Å². The summed E-state index contributed by atoms with van der Waals surface area (Å²) < 4.78 is 10.9. The van der Waals surface area contributed by atoms with Crippen molar-refractivity contribution >= 4 is 24.1 Å². The van der Waals surface area contributed by atoms with E-state index < -0.39 is 11.9 Å². The molecule has 5 aromatic carbocycles. The van der Waals surface area contributed by atoms with Crippen molar-refractivity contribution in [2.75, 3.05) is 13.2 Å². The van der Waals surface area contributed by atoms with Crippen LogP contribution in [0.3, 0.4) is 0 Å². The quantitative estimate of drug-likeness (QED) is 0.0454. The minimum Gasteiger partial charge on any atom is -0.508 e. The predicted octanol–water partition coefficient (Wildman–Crippen LogP) is 9.75. The van der Waals surface area contributed by atoms with Gasteiger partial charge in [-0.05, 0) is 83.6 Å². The summed E-state index contributed by atoms with van der Waals surface area (Å²) in [7, 11) is 0. The number of aromatic hydroxyl groups is 1. The van der Waals surface area contributed by atoms with Gasteiger partial charge >= 0.3 is 11.9 Å². The number of phenols is 1. The van der Waals surface area contributed by atoms with Crippen molar-refractivity contribution in [1.29, 1.82) is 0 Å². The van der Waals surface area contributed by atoms with Gasteiger partial charge in [0.05, 0.1) is 6.61 Å². The Hall–Kier alpha value is -6.12. The molecule has 8 nitrogen and oxygen atoms in total. The molecule has 52 heavy (non-hydrogen) atoms. The van der Waals surface area contributed by atoms with Gasteiger partial charge in [0.15, 0.2) is 0 Å². The summed E-state index contributed by atoms with van der Waals surface area (Å²) in [5.74, 6) is -1.04. The van der Waals surface area contributed by atoms with E-state index >= 15 is 0 Å². The van der Waals surface area contributed by atoms with Crippen LogP contribution in [0.25, 0.3) is 23.3 Å². The van der Waals surface area contributed by atoms with Crippen LogP contribution in [0.2, 0.25) is 0 Å². The van der Waals surface area contributed by atoms with Crippen molar-refractivity contribution in [2.45, 2.75) is 38.5 Å². The Kier molecular flexibility index (Phi) is 18.7. The molecule has 0 spiro atoms. The first kappa shape index (κ1) is 40.3. The Labute approximate surface area is 305 Å². The fraction of sp³-hybridized carbons (Fsp3) is 0.182. The second-order valence-corrected chi connectivity index (χ2v) is 11.5.